The number of hydrogen-bond acceptors (Lipinski definition) is 5. The average Bonchev–Trinajstić information content (AvgIpc) is 2.44. The van der Waals surface area contributed by atoms with Crippen LogP contribution in [0.1, 0.15) is 5.69 Å². The van der Waals surface area contributed by atoms with Crippen LogP contribution in [0.3, 0.4) is 0 Å². The van der Waals surface area contributed by atoms with Crippen LogP contribution < -0.4 is 0 Å². The molecule has 0 radical (unpaired) electrons. The van der Waals surface area contributed by atoms with Crippen LogP contribution >= 0.6 is 0 Å². The number of nitrogens with zero attached hydrogens (tertiary/aromatic N) is 2. The van der Waals surface area contributed by atoms with Gasteiger partial charge in [0.15, 0.2) is 15.2 Å². The van der Waals surface area contributed by atoms with Crippen LogP contribution in [0, 0.1) is 0 Å². The van der Waals surface area contributed by atoms with Crippen molar-refractivity contribution in [2.45, 2.75) is 5.37 Å². The molecule has 1 amide bonds. The number of aliphatic carboxylic acids is 1. The van der Waals surface area contributed by atoms with Crippen molar-refractivity contribution in [2.75, 3.05) is 5.75 Å². The van der Waals surface area contributed by atoms with Crippen molar-refractivity contribution in [3.63, 3.8) is 0 Å². The molecule has 0 aromatic carbocycles. The molecule has 1 saturated heterocycles. The number of sulfone groups is 1. The van der Waals surface area contributed by atoms with Gasteiger partial charge in [-0.2, -0.15) is 0 Å². The normalized spacial score (nSPS) is 25.0. The van der Waals surface area contributed by atoms with Crippen molar-refractivity contribution in [3.05, 3.63) is 47.4 Å². The molecule has 8 heteroatoms. The maximum Gasteiger partial charge on any atom is 0.334 e. The summed E-state index contributed by atoms with van der Waals surface area (Å²) < 4.78 is 24.3. The van der Waals surface area contributed by atoms with E-state index in [0.717, 1.165) is 11.1 Å². The van der Waals surface area contributed by atoms with Crippen molar-refractivity contribution in [2.24, 2.45) is 0 Å². The zero-order valence-corrected chi connectivity index (χ0v) is 11.4. The first kappa shape index (κ1) is 13.5. The summed E-state index contributed by atoms with van der Waals surface area (Å²) in [5.41, 5.74) is 0.273. The number of rotatable bonds is 2. The predicted molar refractivity (Wildman–Crippen MR) is 72.4 cm³/mol. The van der Waals surface area contributed by atoms with Crippen LogP contribution in [0.25, 0.3) is 6.08 Å². The van der Waals surface area contributed by atoms with Gasteiger partial charge in [0, 0.05) is 12.4 Å². The summed E-state index contributed by atoms with van der Waals surface area (Å²) in [7, 11) is -3.76. The molecular weight excluding hydrogens is 296 g/mol. The predicted octanol–water partition coefficient (Wildman–Crippen LogP) is 0.0302. The number of carbonyl (C=O) groups excluding carboxylic acids is 1. The molecule has 0 aliphatic carbocycles. The van der Waals surface area contributed by atoms with E-state index in [0.29, 0.717) is 5.69 Å². The van der Waals surface area contributed by atoms with Crippen molar-refractivity contribution < 1.29 is 23.1 Å². The molecule has 2 aliphatic rings. The molecule has 1 aromatic rings. The Morgan fingerprint density at radius 3 is 2.81 bits per heavy atom. The minimum atomic E-state index is -3.76. The summed E-state index contributed by atoms with van der Waals surface area (Å²) >= 11 is 0. The largest absolute Gasteiger partial charge is 0.478 e. The lowest BCUT2D eigenvalue weighted by Crippen LogP contribution is -2.59. The molecule has 1 N–H and O–H groups in total. The van der Waals surface area contributed by atoms with Crippen molar-refractivity contribution >= 4 is 27.8 Å². The third-order valence-electron chi connectivity index (χ3n) is 3.26. The number of amides is 1. The lowest BCUT2D eigenvalue weighted by molar-refractivity contribution is -0.133. The van der Waals surface area contributed by atoms with Gasteiger partial charge in [0.05, 0.1) is 22.6 Å². The van der Waals surface area contributed by atoms with E-state index in [9.17, 15) is 18.0 Å². The van der Waals surface area contributed by atoms with E-state index in [1.165, 1.54) is 12.3 Å². The smallest absolute Gasteiger partial charge is 0.334 e. The second-order valence-corrected chi connectivity index (χ2v) is 6.75. The van der Waals surface area contributed by atoms with Crippen LogP contribution in [0.5, 0.6) is 0 Å². The minimum Gasteiger partial charge on any atom is -0.478 e. The second-order valence-electron chi connectivity index (χ2n) is 4.69. The Morgan fingerprint density at radius 1 is 1.43 bits per heavy atom. The van der Waals surface area contributed by atoms with Crippen LogP contribution in [-0.2, 0) is 19.4 Å². The van der Waals surface area contributed by atoms with Gasteiger partial charge >= 0.3 is 5.97 Å². The fraction of sp³-hybridized carbons (Fsp3) is 0.154. The van der Waals surface area contributed by atoms with E-state index in [2.05, 4.69) is 4.98 Å². The maximum absolute atomic E-state index is 12.1. The van der Waals surface area contributed by atoms with Gasteiger partial charge in [-0.1, -0.05) is 6.07 Å². The van der Waals surface area contributed by atoms with Crippen LogP contribution in [0.4, 0.5) is 0 Å². The number of hydrogen-bond donors (Lipinski definition) is 1. The standard InChI is InChI=1S/C13H10N2O5S/c16-11-10(5-9-3-1-2-4-14-9)12-15(11)6-8(13(17)18)7-21(12,19)20/h1-6,12H,7H2,(H,17,18)/t12-/m1/s1. The highest BCUT2D eigenvalue weighted by Gasteiger charge is 2.52. The molecular formula is C13H10N2O5S. The lowest BCUT2D eigenvalue weighted by atomic mass is 10.0. The van der Waals surface area contributed by atoms with Crippen LogP contribution in [-0.4, -0.2) is 46.4 Å². The molecule has 1 atom stereocenters. The average molecular weight is 306 g/mol. The number of aromatic nitrogens is 1. The molecule has 3 heterocycles. The number of fused-ring (bicyclic) bond motifs is 1. The monoisotopic (exact) mass is 306 g/mol. The summed E-state index contributed by atoms with van der Waals surface area (Å²) in [6, 6.07) is 5.07. The number of β-lactam (4-membered cyclic amide) rings is 1. The molecule has 0 unspecified atom stereocenters. The number of carbonyl (C=O) groups is 2. The summed E-state index contributed by atoms with van der Waals surface area (Å²) in [5, 5.41) is 7.78. The summed E-state index contributed by atoms with van der Waals surface area (Å²) in [6.07, 6.45) is 4.04. The van der Waals surface area contributed by atoms with Gasteiger partial charge in [-0.15, -0.1) is 0 Å². The first-order chi connectivity index (χ1) is 9.90. The molecule has 0 spiro atoms. The maximum atomic E-state index is 12.1. The molecule has 0 bridgehead atoms. The minimum absolute atomic E-state index is 0.106. The van der Waals surface area contributed by atoms with Gasteiger partial charge in [-0.05, 0) is 18.2 Å². The fourth-order valence-electron chi connectivity index (χ4n) is 2.31. The highest BCUT2D eigenvalue weighted by Crippen LogP contribution is 2.36. The number of pyridine rings is 1. The Labute approximate surface area is 120 Å². The van der Waals surface area contributed by atoms with Crippen LogP contribution in [0.2, 0.25) is 0 Å². The zero-order chi connectivity index (χ0) is 15.2. The van der Waals surface area contributed by atoms with Crippen LogP contribution in [0.15, 0.2) is 41.7 Å². The molecule has 1 aromatic heterocycles. The molecule has 21 heavy (non-hydrogen) atoms. The second kappa shape index (κ2) is 4.52. The first-order valence-electron chi connectivity index (χ1n) is 6.01. The first-order valence-corrected chi connectivity index (χ1v) is 7.72. The third kappa shape index (κ3) is 2.13. The Morgan fingerprint density at radius 2 is 2.19 bits per heavy atom. The molecule has 1 fully saturated rings. The van der Waals surface area contributed by atoms with Gasteiger partial charge in [0.25, 0.3) is 5.91 Å². The lowest BCUT2D eigenvalue weighted by Gasteiger charge is -2.42. The fourth-order valence-corrected chi connectivity index (χ4v) is 4.16. The third-order valence-corrected chi connectivity index (χ3v) is 5.13. The zero-order valence-electron chi connectivity index (χ0n) is 10.6. The van der Waals surface area contributed by atoms with Gasteiger partial charge in [-0.3, -0.25) is 14.7 Å². The Bertz CT molecular complexity index is 795. The summed E-state index contributed by atoms with van der Waals surface area (Å²) in [5.74, 6) is -2.45. The Hall–Kier alpha value is -2.48. The molecule has 7 nitrogen and oxygen atoms in total. The topological polar surface area (TPSA) is 105 Å². The van der Waals surface area contributed by atoms with E-state index in [1.54, 1.807) is 18.2 Å². The van der Waals surface area contributed by atoms with Crippen molar-refractivity contribution in [1.29, 1.82) is 0 Å². The molecule has 3 rings (SSSR count). The summed E-state index contributed by atoms with van der Waals surface area (Å²) in [4.78, 5) is 27.8. The van der Waals surface area contributed by atoms with Gasteiger partial charge in [0.2, 0.25) is 0 Å². The highest BCUT2D eigenvalue weighted by atomic mass is 32.2. The van der Waals surface area contributed by atoms with E-state index in [4.69, 9.17) is 5.11 Å². The van der Waals surface area contributed by atoms with Crippen molar-refractivity contribution in [1.82, 2.24) is 9.88 Å². The van der Waals surface area contributed by atoms with Gasteiger partial charge in [-0.25, -0.2) is 13.2 Å². The SMILES string of the molecule is O=C(O)C1=CN2C(=O)C(=Cc3ccccn3)[C@H]2S(=O)(=O)C1. The van der Waals surface area contributed by atoms with E-state index < -0.39 is 32.8 Å². The number of carboxylic acid groups (broad SMARTS) is 1. The van der Waals surface area contributed by atoms with E-state index in [-0.39, 0.29) is 11.1 Å². The Kier molecular flexibility index (Phi) is 2.91. The number of carboxylic acids is 1. The van der Waals surface area contributed by atoms with Gasteiger partial charge < -0.3 is 5.11 Å². The van der Waals surface area contributed by atoms with Gasteiger partial charge in [0.1, 0.15) is 0 Å². The van der Waals surface area contributed by atoms with Crippen molar-refractivity contribution in [3.8, 4) is 0 Å². The summed E-state index contributed by atoms with van der Waals surface area (Å²) in [6.45, 7) is 0. The molecule has 0 saturated carbocycles. The molecule has 108 valence electrons. The molecule has 2 aliphatic heterocycles. The van der Waals surface area contributed by atoms with E-state index >= 15 is 0 Å². The Balaban J connectivity index is 2.02. The highest BCUT2D eigenvalue weighted by molar-refractivity contribution is 7.92. The quantitative estimate of drug-likeness (QED) is 0.610. The van der Waals surface area contributed by atoms with E-state index in [1.807, 2.05) is 0 Å².